The van der Waals surface area contributed by atoms with Gasteiger partial charge in [-0.2, -0.15) is 0 Å². The molecule has 0 saturated heterocycles. The summed E-state index contributed by atoms with van der Waals surface area (Å²) in [5.74, 6) is 0.352. The van der Waals surface area contributed by atoms with E-state index in [1.807, 2.05) is 24.3 Å². The van der Waals surface area contributed by atoms with E-state index in [0.29, 0.717) is 11.7 Å². The Morgan fingerprint density at radius 2 is 2.04 bits per heavy atom. The number of anilines is 1. The number of fused-ring (bicyclic) bond motifs is 3. The summed E-state index contributed by atoms with van der Waals surface area (Å²) in [6.07, 6.45) is 0. The number of amides is 1. The van der Waals surface area contributed by atoms with Gasteiger partial charge < -0.3 is 4.74 Å². The molecule has 1 N–H and O–H groups in total. The molecule has 1 amide bonds. The van der Waals surface area contributed by atoms with Gasteiger partial charge in [-0.25, -0.2) is 13.4 Å². The highest BCUT2D eigenvalue weighted by Crippen LogP contribution is 2.40. The van der Waals surface area contributed by atoms with Crippen LogP contribution in [0.4, 0.5) is 5.13 Å². The molecule has 0 fully saturated rings. The lowest BCUT2D eigenvalue weighted by Crippen LogP contribution is -2.13. The van der Waals surface area contributed by atoms with E-state index in [-0.39, 0.29) is 16.2 Å². The number of aromatic nitrogens is 1. The number of sulfone groups is 1. The number of nitrogens with zero attached hydrogens (tertiary/aromatic N) is 1. The van der Waals surface area contributed by atoms with Crippen molar-refractivity contribution >= 4 is 32.2 Å². The van der Waals surface area contributed by atoms with Gasteiger partial charge >= 0.3 is 0 Å². The number of thiazole rings is 1. The van der Waals surface area contributed by atoms with Crippen molar-refractivity contribution in [2.75, 3.05) is 11.1 Å². The zero-order valence-corrected chi connectivity index (χ0v) is 16.1. The van der Waals surface area contributed by atoms with Crippen molar-refractivity contribution in [3.8, 4) is 17.0 Å². The summed E-state index contributed by atoms with van der Waals surface area (Å²) >= 11 is 1.35. The molecule has 6 nitrogen and oxygen atoms in total. The van der Waals surface area contributed by atoms with E-state index in [2.05, 4.69) is 10.3 Å². The van der Waals surface area contributed by atoms with Crippen LogP contribution in [0.5, 0.6) is 5.75 Å². The van der Waals surface area contributed by atoms with Crippen molar-refractivity contribution in [1.29, 1.82) is 0 Å². The Morgan fingerprint density at radius 3 is 2.85 bits per heavy atom. The van der Waals surface area contributed by atoms with Crippen molar-refractivity contribution in [2.24, 2.45) is 0 Å². The Morgan fingerprint density at radius 1 is 1.22 bits per heavy atom. The minimum atomic E-state index is -3.37. The molecule has 4 rings (SSSR count). The fourth-order valence-corrected chi connectivity index (χ4v) is 4.62. The number of benzene rings is 2. The molecule has 0 aliphatic carbocycles. The third-order valence-corrected chi connectivity index (χ3v) is 6.93. The second-order valence-electron chi connectivity index (χ2n) is 5.96. The number of carbonyl (C=O) groups is 1. The fraction of sp³-hybridized carbons (Fsp3) is 0.158. The first-order valence-corrected chi connectivity index (χ1v) is 10.8. The lowest BCUT2D eigenvalue weighted by molar-refractivity contribution is 0.102. The van der Waals surface area contributed by atoms with E-state index in [1.54, 1.807) is 19.1 Å². The predicted molar refractivity (Wildman–Crippen MR) is 104 cm³/mol. The Kier molecular flexibility index (Phi) is 4.45. The van der Waals surface area contributed by atoms with E-state index in [0.717, 1.165) is 21.9 Å². The minimum Gasteiger partial charge on any atom is -0.487 e. The van der Waals surface area contributed by atoms with E-state index in [1.165, 1.54) is 23.5 Å². The predicted octanol–water partition coefficient (Wildman–Crippen LogP) is 3.75. The molecule has 1 aliphatic heterocycles. The minimum absolute atomic E-state index is 0.0172. The number of rotatable bonds is 4. The Bertz CT molecular complexity index is 1140. The summed E-state index contributed by atoms with van der Waals surface area (Å²) in [7, 11) is -3.37. The second kappa shape index (κ2) is 6.79. The van der Waals surface area contributed by atoms with Gasteiger partial charge in [0.2, 0.25) is 0 Å². The van der Waals surface area contributed by atoms with Gasteiger partial charge in [0, 0.05) is 11.1 Å². The first kappa shape index (κ1) is 17.7. The highest BCUT2D eigenvalue weighted by Gasteiger charge is 2.23. The van der Waals surface area contributed by atoms with Gasteiger partial charge in [0.25, 0.3) is 5.91 Å². The molecular formula is C19H16N2O4S2. The van der Waals surface area contributed by atoms with Gasteiger partial charge in [-0.15, -0.1) is 0 Å². The smallest absolute Gasteiger partial charge is 0.257 e. The Balaban J connectivity index is 1.61. The number of para-hydroxylation sites is 1. The molecule has 0 saturated carbocycles. The fourth-order valence-electron chi connectivity index (χ4n) is 2.81. The van der Waals surface area contributed by atoms with Gasteiger partial charge in [0.1, 0.15) is 12.4 Å². The maximum atomic E-state index is 12.6. The van der Waals surface area contributed by atoms with Crippen molar-refractivity contribution in [1.82, 2.24) is 4.98 Å². The number of hydrogen-bond acceptors (Lipinski definition) is 6. The van der Waals surface area contributed by atoms with Crippen LogP contribution in [-0.4, -0.2) is 25.1 Å². The average Bonchev–Trinajstić information content (AvgIpc) is 3.11. The van der Waals surface area contributed by atoms with E-state index in [9.17, 15) is 13.2 Å². The van der Waals surface area contributed by atoms with E-state index < -0.39 is 15.7 Å². The highest BCUT2D eigenvalue weighted by atomic mass is 32.2. The normalized spacial score (nSPS) is 12.6. The van der Waals surface area contributed by atoms with Crippen LogP contribution >= 0.6 is 11.3 Å². The maximum absolute atomic E-state index is 12.6. The van der Waals surface area contributed by atoms with Crippen LogP contribution in [0.1, 0.15) is 22.2 Å². The van der Waals surface area contributed by atoms with Crippen LogP contribution in [-0.2, 0) is 16.4 Å². The van der Waals surface area contributed by atoms with Crippen molar-refractivity contribution < 1.29 is 17.9 Å². The Labute approximate surface area is 160 Å². The summed E-state index contributed by atoms with van der Waals surface area (Å²) in [6, 6.07) is 13.6. The van der Waals surface area contributed by atoms with Gasteiger partial charge in [-0.3, -0.25) is 10.1 Å². The van der Waals surface area contributed by atoms with Gasteiger partial charge in [0.15, 0.2) is 15.0 Å². The number of nitrogens with one attached hydrogen (secondary N) is 1. The lowest BCUT2D eigenvalue weighted by Gasteiger charge is -2.15. The van der Waals surface area contributed by atoms with Gasteiger partial charge in [-0.1, -0.05) is 36.5 Å². The summed E-state index contributed by atoms with van der Waals surface area (Å²) < 4.78 is 29.8. The molecule has 0 unspecified atom stereocenters. The molecule has 1 aromatic heterocycles. The molecule has 138 valence electrons. The molecule has 0 bridgehead atoms. The van der Waals surface area contributed by atoms with Gasteiger partial charge in [-0.05, 0) is 30.3 Å². The maximum Gasteiger partial charge on any atom is 0.257 e. The molecule has 0 radical (unpaired) electrons. The molecule has 3 aromatic rings. The lowest BCUT2D eigenvalue weighted by atomic mass is 10.1. The molecular weight excluding hydrogens is 384 g/mol. The molecule has 27 heavy (non-hydrogen) atoms. The number of hydrogen-bond donors (Lipinski definition) is 1. The molecule has 0 spiro atoms. The van der Waals surface area contributed by atoms with Crippen molar-refractivity contribution in [2.45, 2.75) is 18.4 Å². The van der Waals surface area contributed by atoms with Crippen molar-refractivity contribution in [3.05, 3.63) is 59.0 Å². The summed E-state index contributed by atoms with van der Waals surface area (Å²) in [6.45, 7) is 1.98. The molecule has 0 atom stereocenters. The summed E-state index contributed by atoms with van der Waals surface area (Å²) in [5.41, 5.74) is 1.97. The highest BCUT2D eigenvalue weighted by molar-refractivity contribution is 7.91. The first-order valence-electron chi connectivity index (χ1n) is 8.34. The molecule has 2 aromatic carbocycles. The Hall–Kier alpha value is -2.71. The first-order chi connectivity index (χ1) is 13.0. The van der Waals surface area contributed by atoms with Crippen LogP contribution in [0.15, 0.2) is 53.4 Å². The van der Waals surface area contributed by atoms with Crippen LogP contribution in [0.3, 0.4) is 0 Å². The van der Waals surface area contributed by atoms with Crippen molar-refractivity contribution in [3.63, 3.8) is 0 Å². The third kappa shape index (κ3) is 3.33. The summed E-state index contributed by atoms with van der Waals surface area (Å²) in [5, 5.41) is 3.21. The van der Waals surface area contributed by atoms with E-state index in [4.69, 9.17) is 4.74 Å². The quantitative estimate of drug-likeness (QED) is 0.721. The monoisotopic (exact) mass is 400 g/mol. The zero-order valence-electron chi connectivity index (χ0n) is 14.4. The number of carbonyl (C=O) groups excluding carboxylic acids is 1. The molecule has 8 heteroatoms. The van der Waals surface area contributed by atoms with Crippen LogP contribution in [0.2, 0.25) is 0 Å². The van der Waals surface area contributed by atoms with Crippen LogP contribution in [0.25, 0.3) is 11.3 Å². The summed E-state index contributed by atoms with van der Waals surface area (Å²) in [4.78, 5) is 18.2. The second-order valence-corrected chi connectivity index (χ2v) is 9.32. The van der Waals surface area contributed by atoms with Gasteiger partial charge in [0.05, 0.1) is 21.2 Å². The van der Waals surface area contributed by atoms with Crippen LogP contribution < -0.4 is 10.1 Å². The standard InChI is InChI=1S/C19H16N2O4S2/c1-2-27(23,24)13-7-5-6-12(10-13)18(22)21-19-20-17-14-8-3-4-9-15(14)25-11-16(17)26-19/h3-10H,2,11H2,1H3,(H,20,21,22). The third-order valence-electron chi connectivity index (χ3n) is 4.25. The molecule has 1 aliphatic rings. The van der Waals surface area contributed by atoms with E-state index >= 15 is 0 Å². The number of ether oxygens (including phenoxy) is 1. The SMILES string of the molecule is CCS(=O)(=O)c1cccc(C(=O)Nc2nc3c(s2)COc2ccccc2-3)c1. The largest absolute Gasteiger partial charge is 0.487 e. The molecule has 2 heterocycles. The zero-order chi connectivity index (χ0) is 19.0. The topological polar surface area (TPSA) is 85.4 Å². The van der Waals surface area contributed by atoms with Crippen LogP contribution in [0, 0.1) is 0 Å². The average molecular weight is 400 g/mol.